The Bertz CT molecular complexity index is 404. The molecule has 0 saturated heterocycles. The van der Waals surface area contributed by atoms with Crippen LogP contribution in [0, 0.1) is 5.41 Å². The summed E-state index contributed by atoms with van der Waals surface area (Å²) in [6.07, 6.45) is 3.45. The van der Waals surface area contributed by atoms with Crippen molar-refractivity contribution in [3.8, 4) is 0 Å². The molecule has 0 spiro atoms. The highest BCUT2D eigenvalue weighted by Gasteiger charge is 2.20. The zero-order chi connectivity index (χ0) is 14.5. The average Bonchev–Trinajstić information content (AvgIpc) is 2.28. The minimum atomic E-state index is 0.171. The van der Waals surface area contributed by atoms with Gasteiger partial charge in [0.25, 0.3) is 0 Å². The summed E-state index contributed by atoms with van der Waals surface area (Å²) in [6.45, 7) is 8.48. The van der Waals surface area contributed by atoms with Gasteiger partial charge in [0.1, 0.15) is 17.3 Å². The topological polar surface area (TPSA) is 41.1 Å². The van der Waals surface area contributed by atoms with E-state index in [9.17, 15) is 0 Å². The van der Waals surface area contributed by atoms with Crippen molar-refractivity contribution < 1.29 is 0 Å². The lowest BCUT2D eigenvalue weighted by Gasteiger charge is -2.29. The maximum atomic E-state index is 6.14. The third-order valence-corrected chi connectivity index (χ3v) is 3.20. The zero-order valence-electron chi connectivity index (χ0n) is 12.6. The number of hydrogen-bond donors (Lipinski definition) is 1. The molecule has 0 atom stereocenters. The molecule has 0 saturated carbocycles. The first kappa shape index (κ1) is 16.2. The van der Waals surface area contributed by atoms with Crippen molar-refractivity contribution in [3.05, 3.63) is 17.0 Å². The van der Waals surface area contributed by atoms with Crippen molar-refractivity contribution >= 4 is 17.4 Å². The molecule has 19 heavy (non-hydrogen) atoms. The van der Waals surface area contributed by atoms with E-state index in [0.29, 0.717) is 5.15 Å². The first-order valence-corrected chi connectivity index (χ1v) is 7.11. The van der Waals surface area contributed by atoms with Crippen LogP contribution in [0.25, 0.3) is 0 Å². The van der Waals surface area contributed by atoms with E-state index in [1.807, 2.05) is 0 Å². The second kappa shape index (κ2) is 7.06. The molecule has 5 heteroatoms. The van der Waals surface area contributed by atoms with Crippen LogP contribution in [-0.4, -0.2) is 42.1 Å². The Morgan fingerprint density at radius 1 is 1.32 bits per heavy atom. The van der Waals surface area contributed by atoms with Crippen LogP contribution in [0.15, 0.2) is 6.33 Å². The minimum absolute atomic E-state index is 0.171. The van der Waals surface area contributed by atoms with Gasteiger partial charge in [-0.2, -0.15) is 0 Å². The Labute approximate surface area is 121 Å². The molecule has 0 aromatic carbocycles. The molecule has 0 unspecified atom stereocenters. The normalized spacial score (nSPS) is 11.9. The zero-order valence-corrected chi connectivity index (χ0v) is 13.4. The largest absolute Gasteiger partial charge is 0.369 e. The molecule has 1 rings (SSSR count). The number of rotatable bonds is 7. The van der Waals surface area contributed by atoms with Crippen LogP contribution in [0.2, 0.25) is 5.15 Å². The second-order valence-electron chi connectivity index (χ2n) is 6.00. The van der Waals surface area contributed by atoms with Gasteiger partial charge in [-0.1, -0.05) is 38.8 Å². The summed E-state index contributed by atoms with van der Waals surface area (Å²) in [4.78, 5) is 10.6. The van der Waals surface area contributed by atoms with E-state index in [2.05, 4.69) is 55.1 Å². The second-order valence-corrected chi connectivity index (χ2v) is 6.36. The summed E-state index contributed by atoms with van der Waals surface area (Å²) in [5, 5.41) is 3.98. The van der Waals surface area contributed by atoms with Crippen LogP contribution in [0.5, 0.6) is 0 Å². The Morgan fingerprint density at radius 3 is 2.58 bits per heavy atom. The molecule has 0 bridgehead atoms. The van der Waals surface area contributed by atoms with Gasteiger partial charge < -0.3 is 10.2 Å². The lowest BCUT2D eigenvalue weighted by molar-refractivity contribution is 0.254. The number of nitrogens with zero attached hydrogens (tertiary/aromatic N) is 3. The Balaban J connectivity index is 2.74. The molecule has 1 aromatic rings. The van der Waals surface area contributed by atoms with Gasteiger partial charge in [-0.3, -0.25) is 0 Å². The highest BCUT2D eigenvalue weighted by molar-refractivity contribution is 6.30. The molecule has 0 fully saturated rings. The van der Waals surface area contributed by atoms with Crippen LogP contribution >= 0.6 is 11.6 Å². The highest BCUT2D eigenvalue weighted by atomic mass is 35.5. The van der Waals surface area contributed by atoms with Crippen LogP contribution < -0.4 is 5.32 Å². The van der Waals surface area contributed by atoms with Gasteiger partial charge in [-0.15, -0.1) is 0 Å². The van der Waals surface area contributed by atoms with Crippen LogP contribution in [0.4, 0.5) is 5.82 Å². The maximum absolute atomic E-state index is 6.14. The van der Waals surface area contributed by atoms with Crippen molar-refractivity contribution in [3.63, 3.8) is 0 Å². The fraction of sp³-hybridized carbons (Fsp3) is 0.714. The number of nitrogens with one attached hydrogen (secondary N) is 1. The monoisotopic (exact) mass is 284 g/mol. The molecule has 108 valence electrons. The first-order chi connectivity index (χ1) is 8.85. The summed E-state index contributed by atoms with van der Waals surface area (Å²) >= 11 is 6.14. The minimum Gasteiger partial charge on any atom is -0.369 e. The van der Waals surface area contributed by atoms with Crippen molar-refractivity contribution in [2.24, 2.45) is 5.41 Å². The number of anilines is 1. The van der Waals surface area contributed by atoms with Gasteiger partial charge in [-0.25, -0.2) is 9.97 Å². The third-order valence-electron chi connectivity index (χ3n) is 2.87. The van der Waals surface area contributed by atoms with E-state index < -0.39 is 0 Å². The lowest BCUT2D eigenvalue weighted by Crippen LogP contribution is -2.34. The molecular weight excluding hydrogens is 260 g/mol. The predicted octanol–water partition coefficient (Wildman–Crippen LogP) is 3.08. The molecule has 0 aliphatic heterocycles. The summed E-state index contributed by atoms with van der Waals surface area (Å²) in [6, 6.07) is 0. The summed E-state index contributed by atoms with van der Waals surface area (Å²) in [7, 11) is 4.18. The molecule has 4 nitrogen and oxygen atoms in total. The molecule has 0 aliphatic carbocycles. The molecule has 1 heterocycles. The maximum Gasteiger partial charge on any atom is 0.137 e. The van der Waals surface area contributed by atoms with E-state index in [0.717, 1.165) is 37.3 Å². The van der Waals surface area contributed by atoms with Gasteiger partial charge in [0.15, 0.2) is 0 Å². The van der Waals surface area contributed by atoms with Gasteiger partial charge in [0.05, 0.1) is 0 Å². The Kier molecular flexibility index (Phi) is 6.01. The van der Waals surface area contributed by atoms with E-state index in [-0.39, 0.29) is 5.41 Å². The molecule has 1 N–H and O–H groups in total. The standard InChI is InChI=1S/C14H25ClN4/c1-6-7-11-12(15)17-10-18-13(11)16-8-14(2,3)9-19(4)5/h10H,6-9H2,1-5H3,(H,16,17,18). The smallest absolute Gasteiger partial charge is 0.137 e. The lowest BCUT2D eigenvalue weighted by atomic mass is 9.93. The summed E-state index contributed by atoms with van der Waals surface area (Å²) in [5.74, 6) is 0.869. The van der Waals surface area contributed by atoms with Crippen molar-refractivity contribution in [1.82, 2.24) is 14.9 Å². The molecular formula is C14H25ClN4. The molecule has 1 aromatic heterocycles. The molecule has 0 radical (unpaired) electrons. The summed E-state index contributed by atoms with van der Waals surface area (Å²) < 4.78 is 0. The van der Waals surface area contributed by atoms with Gasteiger partial charge >= 0.3 is 0 Å². The predicted molar refractivity (Wildman–Crippen MR) is 81.9 cm³/mol. The third kappa shape index (κ3) is 5.33. The Morgan fingerprint density at radius 2 is 2.00 bits per heavy atom. The fourth-order valence-electron chi connectivity index (χ4n) is 2.25. The van der Waals surface area contributed by atoms with Gasteiger partial charge in [-0.05, 0) is 25.9 Å². The van der Waals surface area contributed by atoms with Crippen LogP contribution in [0.1, 0.15) is 32.8 Å². The van der Waals surface area contributed by atoms with Gasteiger partial charge in [0, 0.05) is 18.7 Å². The SMILES string of the molecule is CCCc1c(Cl)ncnc1NCC(C)(C)CN(C)C. The first-order valence-electron chi connectivity index (χ1n) is 6.73. The number of hydrogen-bond acceptors (Lipinski definition) is 4. The van der Waals surface area contributed by atoms with Crippen molar-refractivity contribution in [2.45, 2.75) is 33.6 Å². The Hall–Kier alpha value is -0.870. The van der Waals surface area contributed by atoms with E-state index in [4.69, 9.17) is 11.6 Å². The fourth-order valence-corrected chi connectivity index (χ4v) is 2.48. The quantitative estimate of drug-likeness (QED) is 0.781. The molecule has 0 aliphatic rings. The summed E-state index contributed by atoms with van der Waals surface area (Å²) in [5.41, 5.74) is 1.19. The van der Waals surface area contributed by atoms with Crippen molar-refractivity contribution in [2.75, 3.05) is 32.5 Å². The van der Waals surface area contributed by atoms with E-state index >= 15 is 0 Å². The van der Waals surface area contributed by atoms with Crippen molar-refractivity contribution in [1.29, 1.82) is 0 Å². The number of aromatic nitrogens is 2. The van der Waals surface area contributed by atoms with Crippen LogP contribution in [-0.2, 0) is 6.42 Å². The average molecular weight is 285 g/mol. The highest BCUT2D eigenvalue weighted by Crippen LogP contribution is 2.23. The van der Waals surface area contributed by atoms with Crippen LogP contribution in [0.3, 0.4) is 0 Å². The van der Waals surface area contributed by atoms with Gasteiger partial charge in [0.2, 0.25) is 0 Å². The number of halogens is 1. The van der Waals surface area contributed by atoms with E-state index in [1.54, 1.807) is 0 Å². The molecule has 0 amide bonds. The van der Waals surface area contributed by atoms with E-state index in [1.165, 1.54) is 6.33 Å².